The molecule has 1 aliphatic rings. The van der Waals surface area contributed by atoms with Crippen LogP contribution in [-0.2, 0) is 16.8 Å². The first-order valence-electron chi connectivity index (χ1n) is 8.44. The van der Waals surface area contributed by atoms with E-state index in [-0.39, 0.29) is 16.5 Å². The molecule has 23 heavy (non-hydrogen) atoms. The summed E-state index contributed by atoms with van der Waals surface area (Å²) in [6.07, 6.45) is 0. The summed E-state index contributed by atoms with van der Waals surface area (Å²) in [4.78, 5) is 0. The Morgan fingerprint density at radius 2 is 1.48 bits per heavy atom. The van der Waals surface area contributed by atoms with Crippen LogP contribution in [-0.4, -0.2) is 16.5 Å². The van der Waals surface area contributed by atoms with E-state index in [1.54, 1.807) is 16.7 Å². The number of hydrogen-bond acceptors (Lipinski definition) is 1. The predicted octanol–water partition coefficient (Wildman–Crippen LogP) is 4.56. The quantitative estimate of drug-likeness (QED) is 0.756. The molecule has 0 saturated heterocycles. The molecule has 2 rings (SSSR count). The first kappa shape index (κ1) is 20.9. The maximum atomic E-state index is 4.05. The number of benzene rings is 1. The van der Waals surface area contributed by atoms with Gasteiger partial charge in [0.1, 0.15) is 0 Å². The van der Waals surface area contributed by atoms with Crippen molar-refractivity contribution >= 4 is 16.5 Å². The van der Waals surface area contributed by atoms with Gasteiger partial charge in [-0.25, -0.2) is 0 Å². The number of nitrogens with one attached hydrogen (secondary N) is 1. The third-order valence-corrected chi connectivity index (χ3v) is 10.8. The van der Waals surface area contributed by atoms with E-state index in [0.29, 0.717) is 4.22 Å². The van der Waals surface area contributed by atoms with Crippen molar-refractivity contribution in [3.8, 4) is 0 Å². The first-order chi connectivity index (χ1) is 9.87. The van der Waals surface area contributed by atoms with Crippen LogP contribution in [0, 0.1) is 20.8 Å². The van der Waals surface area contributed by atoms with Gasteiger partial charge in [-0.15, -0.1) is 0 Å². The second-order valence-corrected chi connectivity index (χ2v) is 15.4. The molecular formula is C20H37NSiTi. The van der Waals surface area contributed by atoms with Crippen molar-refractivity contribution in [3.63, 3.8) is 0 Å². The standard InChI is InChI=1S/C14H17.C4H10N.2CH3.H4Si.Ti/c1-8-6-10(3)14-12(5)9(2)7-13(14)11(8)4;1-4(2,3)5;;;;/h6-7H,1-5H3;5H,1-3H3;2*1H3;1H4;/q;-1;;;;+1. The minimum Gasteiger partial charge on any atom is -0.0149 e. The van der Waals surface area contributed by atoms with E-state index in [1.165, 1.54) is 22.3 Å². The summed E-state index contributed by atoms with van der Waals surface area (Å²) in [5.41, 5.74) is 10.9. The second-order valence-electron chi connectivity index (χ2n) is 8.76. The summed E-state index contributed by atoms with van der Waals surface area (Å²) in [5, 5.41) is 5.08. The molecular weight excluding hydrogens is 330 g/mol. The van der Waals surface area contributed by atoms with Crippen LogP contribution in [0.3, 0.4) is 0 Å². The van der Waals surface area contributed by atoms with Crippen molar-refractivity contribution in [1.29, 1.82) is 0 Å². The van der Waals surface area contributed by atoms with Gasteiger partial charge >= 0.3 is 141 Å². The topological polar surface area (TPSA) is 12.0 Å². The minimum absolute atomic E-state index is 0. The molecule has 0 spiro atoms. The summed E-state index contributed by atoms with van der Waals surface area (Å²) in [6.45, 7) is 18.5. The van der Waals surface area contributed by atoms with E-state index >= 15 is 0 Å². The Morgan fingerprint density at radius 3 is 1.96 bits per heavy atom. The molecule has 0 saturated carbocycles. The Kier molecular flexibility index (Phi) is 6.02. The van der Waals surface area contributed by atoms with Crippen LogP contribution in [0.15, 0.2) is 11.6 Å². The summed E-state index contributed by atoms with van der Waals surface area (Å²) in [7, 11) is 0. The molecule has 3 heteroatoms. The van der Waals surface area contributed by atoms with Gasteiger partial charge in [0.15, 0.2) is 0 Å². The van der Waals surface area contributed by atoms with Crippen molar-refractivity contribution in [2.24, 2.45) is 0 Å². The normalized spacial score (nSPS) is 18.1. The zero-order valence-corrected chi connectivity index (χ0v) is 17.7. The number of aryl methyl sites for hydroxylation is 2. The van der Waals surface area contributed by atoms with Crippen LogP contribution in [0.1, 0.15) is 66.7 Å². The molecule has 0 aromatic heterocycles. The van der Waals surface area contributed by atoms with Crippen molar-refractivity contribution in [1.82, 2.24) is 3.80 Å². The zero-order valence-electron chi connectivity index (χ0n) is 16.2. The van der Waals surface area contributed by atoms with E-state index in [1.807, 2.05) is 0 Å². The molecule has 0 heterocycles. The Hall–Kier alpha value is -0.149. The second kappa shape index (κ2) is 6.63. The first-order valence-corrected chi connectivity index (χ1v) is 13.2. The van der Waals surface area contributed by atoms with Crippen LogP contribution in [0.5, 0.6) is 0 Å². The molecule has 130 valence electrons. The zero-order chi connectivity index (χ0) is 17.0. The number of hydrogen-bond donors (Lipinski definition) is 1. The minimum atomic E-state index is -2.23. The van der Waals surface area contributed by atoms with E-state index < -0.39 is 16.8 Å². The monoisotopic (exact) mass is 367 g/mol. The molecule has 1 nitrogen and oxygen atoms in total. The molecule has 1 aliphatic carbocycles. The SMILES string of the molecule is CC1=C(C)[CH]([Ti]([CH3])([CH3])[NH]C(C)(C)C)c2c(C)c(C)cc(C)c21.[SiH4]. The van der Waals surface area contributed by atoms with Gasteiger partial charge in [0.05, 0.1) is 0 Å². The van der Waals surface area contributed by atoms with Crippen molar-refractivity contribution in [2.45, 2.75) is 75.6 Å². The van der Waals surface area contributed by atoms with Gasteiger partial charge in [-0.05, 0) is 11.0 Å². The third kappa shape index (κ3) is 3.76. The maximum absolute atomic E-state index is 4.05. The molecule has 1 aromatic carbocycles. The fourth-order valence-corrected chi connectivity index (χ4v) is 11.5. The third-order valence-electron chi connectivity index (χ3n) is 5.20. The number of rotatable bonds is 2. The predicted molar refractivity (Wildman–Crippen MR) is 108 cm³/mol. The average Bonchev–Trinajstić information content (AvgIpc) is 2.57. The molecule has 0 amide bonds. The summed E-state index contributed by atoms with van der Waals surface area (Å²) < 4.78 is 4.68. The Labute approximate surface area is 152 Å². The molecule has 1 N–H and O–H groups in total. The van der Waals surface area contributed by atoms with E-state index in [9.17, 15) is 0 Å². The smallest absolute Gasteiger partial charge is 0.0149 e. The van der Waals surface area contributed by atoms with Crippen molar-refractivity contribution in [3.05, 3.63) is 39.5 Å². The van der Waals surface area contributed by atoms with E-state index in [2.05, 4.69) is 75.7 Å². The van der Waals surface area contributed by atoms with Crippen molar-refractivity contribution < 1.29 is 16.8 Å². The Balaban J connectivity index is 0.00000264. The summed E-state index contributed by atoms with van der Waals surface area (Å²) >= 11 is -2.23. The molecule has 0 aliphatic heterocycles. The van der Waals surface area contributed by atoms with Crippen LogP contribution in [0.4, 0.5) is 0 Å². The summed E-state index contributed by atoms with van der Waals surface area (Å²) in [5.74, 6) is 0. The van der Waals surface area contributed by atoms with Crippen LogP contribution in [0.2, 0.25) is 10.5 Å². The Bertz CT molecular complexity index is 651. The van der Waals surface area contributed by atoms with Gasteiger partial charge < -0.3 is 0 Å². The van der Waals surface area contributed by atoms with Crippen LogP contribution < -0.4 is 3.80 Å². The fourth-order valence-electron chi connectivity index (χ4n) is 4.55. The van der Waals surface area contributed by atoms with Gasteiger partial charge in [0.25, 0.3) is 0 Å². The molecule has 1 aromatic rings. The van der Waals surface area contributed by atoms with E-state index in [0.717, 1.165) is 0 Å². The maximum Gasteiger partial charge on any atom is -0.0149 e. The van der Waals surface area contributed by atoms with Crippen LogP contribution in [0.25, 0.3) is 5.57 Å². The summed E-state index contributed by atoms with van der Waals surface area (Å²) in [6, 6.07) is 2.37. The molecule has 0 fully saturated rings. The number of allylic oxidation sites excluding steroid dienone is 2. The largest absolute Gasteiger partial charge is 0.0149 e. The molecule has 1 unspecified atom stereocenters. The van der Waals surface area contributed by atoms with Gasteiger partial charge in [0, 0.05) is 0 Å². The van der Waals surface area contributed by atoms with Gasteiger partial charge in [-0.1, -0.05) is 0 Å². The van der Waals surface area contributed by atoms with Gasteiger partial charge in [0.2, 0.25) is 0 Å². The fraction of sp³-hybridized carbons (Fsp3) is 0.600. The molecule has 0 bridgehead atoms. The van der Waals surface area contributed by atoms with Crippen molar-refractivity contribution in [2.75, 3.05) is 0 Å². The number of fused-ring (bicyclic) bond motifs is 1. The average molecular weight is 367 g/mol. The van der Waals surface area contributed by atoms with Gasteiger partial charge in [-0.2, -0.15) is 0 Å². The Morgan fingerprint density at radius 1 is 0.957 bits per heavy atom. The van der Waals surface area contributed by atoms with E-state index in [4.69, 9.17) is 0 Å². The van der Waals surface area contributed by atoms with Crippen LogP contribution >= 0.6 is 0 Å². The molecule has 1 atom stereocenters. The molecule has 0 radical (unpaired) electrons. The van der Waals surface area contributed by atoms with Gasteiger partial charge in [-0.3, -0.25) is 0 Å².